The lowest BCUT2D eigenvalue weighted by atomic mass is 9.77. The molecular weight excluding hydrogens is 615 g/mol. The number of carbonyl (C=O) groups is 1. The summed E-state index contributed by atoms with van der Waals surface area (Å²) < 4.78 is 4.06. The average Bonchev–Trinajstić information content (AvgIpc) is 3.26. The van der Waals surface area contributed by atoms with Crippen LogP contribution in [0, 0.1) is 0 Å². The predicted molar refractivity (Wildman–Crippen MR) is 192 cm³/mol. The van der Waals surface area contributed by atoms with Crippen molar-refractivity contribution in [1.82, 2.24) is 0 Å². The molecular formula is C38H51Cl2N4O2+3. The molecule has 6 nitrogen and oxygen atoms in total. The maximum Gasteiger partial charge on any atom is 0.209 e. The van der Waals surface area contributed by atoms with Crippen LogP contribution in [0.15, 0.2) is 71.2 Å². The van der Waals surface area contributed by atoms with Gasteiger partial charge in [0.1, 0.15) is 5.76 Å². The molecule has 3 aliphatic rings. The third-order valence-corrected chi connectivity index (χ3v) is 10.2. The second-order valence-corrected chi connectivity index (χ2v) is 17.0. The van der Waals surface area contributed by atoms with Crippen LogP contribution in [0.1, 0.15) is 51.7 Å². The Morgan fingerprint density at radius 1 is 0.826 bits per heavy atom. The van der Waals surface area contributed by atoms with Gasteiger partial charge in [0.2, 0.25) is 11.5 Å². The van der Waals surface area contributed by atoms with Crippen LogP contribution in [-0.4, -0.2) is 98.6 Å². The topological polar surface area (TPSA) is 43.6 Å². The number of quaternary nitrogens is 2. The molecule has 0 aromatic heterocycles. The third kappa shape index (κ3) is 6.47. The van der Waals surface area contributed by atoms with Crippen LogP contribution in [0.3, 0.4) is 0 Å². The molecule has 46 heavy (non-hydrogen) atoms. The fourth-order valence-electron chi connectivity index (χ4n) is 7.09. The summed E-state index contributed by atoms with van der Waals surface area (Å²) in [6.07, 6.45) is 5.77. The number of fused-ring (bicyclic) bond motifs is 2. The van der Waals surface area contributed by atoms with Crippen molar-refractivity contribution >= 4 is 46.1 Å². The number of hydrogen-bond donors (Lipinski definition) is 1. The Labute approximate surface area is 285 Å². The van der Waals surface area contributed by atoms with Crippen molar-refractivity contribution in [2.45, 2.75) is 51.4 Å². The van der Waals surface area contributed by atoms with Gasteiger partial charge in [-0.05, 0) is 55.8 Å². The van der Waals surface area contributed by atoms with E-state index in [9.17, 15) is 9.90 Å². The van der Waals surface area contributed by atoms with Crippen molar-refractivity contribution in [2.75, 3.05) is 73.4 Å². The van der Waals surface area contributed by atoms with Crippen LogP contribution in [0.2, 0.25) is 10.0 Å². The van der Waals surface area contributed by atoms with E-state index in [4.69, 9.17) is 23.2 Å². The average molecular weight is 667 g/mol. The number of rotatable bonds is 10. The number of ketones is 1. The second kappa shape index (κ2) is 12.0. The predicted octanol–water partition coefficient (Wildman–Crippen LogP) is 7.57. The molecule has 2 aromatic carbocycles. The van der Waals surface area contributed by atoms with Gasteiger partial charge < -0.3 is 19.0 Å². The number of Topliss-reactive ketones (excluding diaryl/α,β-unsaturated/α-hetero) is 1. The first-order valence-electron chi connectivity index (χ1n) is 16.3. The van der Waals surface area contributed by atoms with Gasteiger partial charge in [-0.25, -0.2) is 0 Å². The fourth-order valence-corrected chi connectivity index (χ4v) is 7.43. The molecule has 2 aromatic rings. The minimum absolute atomic E-state index is 0.0530. The molecule has 1 N–H and O–H groups in total. The molecule has 0 atom stereocenters. The molecule has 0 fully saturated rings. The third-order valence-electron chi connectivity index (χ3n) is 9.69. The normalized spacial score (nSPS) is 20.6. The standard InChI is InChI=1S/C38H50Cl2N4O2/c1-37(2)29-21-25(39)13-15-31(29)41(17-11-19-43(5,6)7)33(37)23-27-35(45)28(36(27)46)24-34-38(3,4)30-22-26(40)14-16-32(30)42(34)18-12-20-44(8,9)10/h13-16,21-24H,11-12,17-20H2,1-10H3/q+2/p+1. The van der Waals surface area contributed by atoms with Gasteiger partial charge in [-0.15, -0.1) is 0 Å². The smallest absolute Gasteiger partial charge is 0.209 e. The lowest BCUT2D eigenvalue weighted by Crippen LogP contribution is -2.37. The number of carbonyl (C=O) groups excluding carboxylic acids is 1. The number of halogens is 2. The summed E-state index contributed by atoms with van der Waals surface area (Å²) in [5, 5.41) is 12.9. The van der Waals surface area contributed by atoms with E-state index in [-0.39, 0.29) is 11.5 Å². The van der Waals surface area contributed by atoms with Crippen molar-refractivity contribution in [2.24, 2.45) is 0 Å². The number of allylic oxidation sites excluding steroid dienone is 5. The minimum Gasteiger partial charge on any atom is -0.506 e. The molecule has 5 rings (SSSR count). The molecule has 2 aliphatic heterocycles. The number of aliphatic hydroxyl groups excluding tert-OH is 1. The van der Waals surface area contributed by atoms with Crippen molar-refractivity contribution < 1.29 is 23.4 Å². The molecule has 0 unspecified atom stereocenters. The van der Waals surface area contributed by atoms with Gasteiger partial charge in [0.25, 0.3) is 0 Å². The number of benzene rings is 2. The van der Waals surface area contributed by atoms with E-state index in [1.807, 2.05) is 36.4 Å². The summed E-state index contributed by atoms with van der Waals surface area (Å²) >= 11 is 12.9. The Balaban J connectivity index is 1.55. The van der Waals surface area contributed by atoms with Gasteiger partial charge in [-0.3, -0.25) is 4.79 Å². The van der Waals surface area contributed by atoms with Crippen LogP contribution in [0.4, 0.5) is 11.4 Å². The second-order valence-electron chi connectivity index (χ2n) is 16.2. The zero-order chi connectivity index (χ0) is 34.0. The molecule has 2 heterocycles. The molecule has 0 saturated carbocycles. The minimum atomic E-state index is -0.394. The largest absolute Gasteiger partial charge is 0.506 e. The monoisotopic (exact) mass is 665 g/mol. The summed E-state index contributed by atoms with van der Waals surface area (Å²) in [4.78, 5) is 16.2. The molecule has 246 valence electrons. The SMILES string of the molecule is CC1(C)C(/C=C2\C(=O)C(/C=C3\N(CCC[N+](C)(C)C)c4ccc(Cl)cc4C3(C)C)=C2O)=[N+](CCC[N+](C)(C)C)c2ccc(Cl)cc21. The lowest BCUT2D eigenvalue weighted by Gasteiger charge is -2.30. The fraction of sp³-hybridized carbons (Fsp3) is 0.474. The van der Waals surface area contributed by atoms with Gasteiger partial charge >= 0.3 is 0 Å². The van der Waals surface area contributed by atoms with Crippen molar-refractivity contribution in [1.29, 1.82) is 0 Å². The summed E-state index contributed by atoms with van der Waals surface area (Å²) in [5.74, 6) is -0.0816. The molecule has 8 heteroatoms. The molecule has 0 radical (unpaired) electrons. The number of hydrogen-bond acceptors (Lipinski definition) is 3. The van der Waals surface area contributed by atoms with Crippen LogP contribution in [0.5, 0.6) is 0 Å². The number of nitrogens with zero attached hydrogens (tertiary/aromatic N) is 4. The maximum atomic E-state index is 13.9. The quantitative estimate of drug-likeness (QED) is 0.162. The Hall–Kier alpha value is -2.90. The lowest BCUT2D eigenvalue weighted by molar-refractivity contribution is -0.871. The summed E-state index contributed by atoms with van der Waals surface area (Å²) in [5.41, 5.74) is 6.40. The van der Waals surface area contributed by atoms with E-state index in [0.29, 0.717) is 21.2 Å². The van der Waals surface area contributed by atoms with E-state index in [0.717, 1.165) is 81.9 Å². The van der Waals surface area contributed by atoms with Crippen molar-refractivity contribution in [3.05, 3.63) is 92.3 Å². The number of anilines is 1. The van der Waals surface area contributed by atoms with Gasteiger partial charge in [0.05, 0.1) is 78.4 Å². The molecule has 0 amide bonds. The first kappa shape index (κ1) is 34.4. The van der Waals surface area contributed by atoms with Gasteiger partial charge in [0.15, 0.2) is 12.3 Å². The highest BCUT2D eigenvalue weighted by molar-refractivity contribution is 6.31. The van der Waals surface area contributed by atoms with Gasteiger partial charge in [-0.2, -0.15) is 4.58 Å². The zero-order valence-corrected chi connectivity index (χ0v) is 30.8. The number of aliphatic hydroxyl groups is 1. The summed E-state index contributed by atoms with van der Waals surface area (Å²) in [6.45, 7) is 12.3. The van der Waals surface area contributed by atoms with Crippen LogP contribution in [0.25, 0.3) is 0 Å². The summed E-state index contributed by atoms with van der Waals surface area (Å²) in [7, 11) is 13.2. The molecule has 1 aliphatic carbocycles. The first-order valence-corrected chi connectivity index (χ1v) is 17.0. The first-order chi connectivity index (χ1) is 21.2. The van der Waals surface area contributed by atoms with Crippen LogP contribution < -0.4 is 4.90 Å². The maximum absolute atomic E-state index is 13.9. The zero-order valence-electron chi connectivity index (χ0n) is 29.3. The van der Waals surface area contributed by atoms with E-state index >= 15 is 0 Å². The Morgan fingerprint density at radius 2 is 1.41 bits per heavy atom. The highest BCUT2D eigenvalue weighted by atomic mass is 35.5. The van der Waals surface area contributed by atoms with Crippen LogP contribution >= 0.6 is 23.2 Å². The molecule has 0 saturated heterocycles. The molecule has 0 spiro atoms. The van der Waals surface area contributed by atoms with Gasteiger partial charge in [-0.1, -0.05) is 37.0 Å². The van der Waals surface area contributed by atoms with Crippen molar-refractivity contribution in [3.63, 3.8) is 0 Å². The highest BCUT2D eigenvalue weighted by Gasteiger charge is 2.47. The van der Waals surface area contributed by atoms with Crippen LogP contribution in [-0.2, 0) is 15.6 Å². The molecule has 0 bridgehead atoms. The van der Waals surface area contributed by atoms with Crippen molar-refractivity contribution in [3.8, 4) is 0 Å². The highest BCUT2D eigenvalue weighted by Crippen LogP contribution is 2.50. The van der Waals surface area contributed by atoms with E-state index < -0.39 is 10.8 Å². The van der Waals surface area contributed by atoms with E-state index in [2.05, 4.69) is 91.6 Å². The van der Waals surface area contributed by atoms with E-state index in [1.54, 1.807) is 0 Å². The summed E-state index contributed by atoms with van der Waals surface area (Å²) in [6, 6.07) is 12.1. The Kier molecular flexibility index (Phi) is 8.96. The van der Waals surface area contributed by atoms with E-state index in [1.165, 1.54) is 0 Å². The Bertz CT molecular complexity index is 1710. The Morgan fingerprint density at radius 3 is 2.02 bits per heavy atom. The van der Waals surface area contributed by atoms with Gasteiger partial charge in [0, 0.05) is 57.5 Å².